The highest BCUT2D eigenvalue weighted by atomic mass is 79.9. The molecule has 0 aromatic rings. The number of hydrogen-bond donors (Lipinski definition) is 0. The summed E-state index contributed by atoms with van der Waals surface area (Å²) in [6.07, 6.45) is 2.91. The predicted octanol–water partition coefficient (Wildman–Crippen LogP) is 1.91. The number of halogens is 1. The van der Waals surface area contributed by atoms with Crippen molar-refractivity contribution in [3.8, 4) is 0 Å². The molecule has 0 saturated heterocycles. The zero-order valence-corrected chi connectivity index (χ0v) is 7.06. The summed E-state index contributed by atoms with van der Waals surface area (Å²) in [6.45, 7) is 1.10. The van der Waals surface area contributed by atoms with Crippen LogP contribution in [0.4, 0.5) is 0 Å². The van der Waals surface area contributed by atoms with E-state index in [0.717, 1.165) is 13.0 Å². The van der Waals surface area contributed by atoms with Gasteiger partial charge < -0.3 is 9.47 Å². The zero-order chi connectivity index (χ0) is 6.95. The smallest absolute Gasteiger partial charge is 0.146 e. The summed E-state index contributed by atoms with van der Waals surface area (Å²) in [5.74, 6) is 0. The normalized spacial score (nSPS) is 10.9. The van der Waals surface area contributed by atoms with E-state index in [1.807, 2.05) is 11.1 Å². The molecular weight excluding hydrogens is 184 g/mol. The lowest BCUT2D eigenvalue weighted by molar-refractivity contribution is -0.0285. The average molecular weight is 195 g/mol. The van der Waals surface area contributed by atoms with Gasteiger partial charge in [0.1, 0.15) is 6.79 Å². The second-order valence-corrected chi connectivity index (χ2v) is 1.99. The predicted molar refractivity (Wildman–Crippen MR) is 40.5 cm³/mol. The van der Waals surface area contributed by atoms with Gasteiger partial charge >= 0.3 is 0 Å². The molecule has 0 N–H and O–H groups in total. The van der Waals surface area contributed by atoms with E-state index in [1.54, 1.807) is 7.11 Å². The molecule has 0 rings (SSSR count). The molecule has 0 aliphatic rings. The standard InChI is InChI=1S/C6H11BrO2/c1-8-6-9-5-3-2-4-7/h2,4H,3,5-6H2,1H3/b4-2+. The van der Waals surface area contributed by atoms with Crippen molar-refractivity contribution >= 4 is 15.9 Å². The molecule has 0 aliphatic carbocycles. The van der Waals surface area contributed by atoms with Gasteiger partial charge in [0.2, 0.25) is 0 Å². The lowest BCUT2D eigenvalue weighted by Crippen LogP contribution is -1.96. The Morgan fingerprint density at radius 3 is 2.89 bits per heavy atom. The molecule has 9 heavy (non-hydrogen) atoms. The minimum atomic E-state index is 0.385. The summed E-state index contributed by atoms with van der Waals surface area (Å²) in [6, 6.07) is 0. The fourth-order valence-electron chi connectivity index (χ4n) is 0.357. The first-order valence-electron chi connectivity index (χ1n) is 2.73. The Balaban J connectivity index is 2.75. The van der Waals surface area contributed by atoms with Crippen LogP contribution in [-0.4, -0.2) is 20.5 Å². The van der Waals surface area contributed by atoms with Crippen LogP contribution in [0.15, 0.2) is 11.1 Å². The molecule has 3 heteroatoms. The van der Waals surface area contributed by atoms with Crippen molar-refractivity contribution in [1.29, 1.82) is 0 Å². The van der Waals surface area contributed by atoms with Crippen molar-refractivity contribution in [3.05, 3.63) is 11.1 Å². The topological polar surface area (TPSA) is 18.5 Å². The van der Waals surface area contributed by atoms with E-state index in [4.69, 9.17) is 4.74 Å². The zero-order valence-electron chi connectivity index (χ0n) is 5.47. The third kappa shape index (κ3) is 8.14. The van der Waals surface area contributed by atoms with Gasteiger partial charge in [-0.25, -0.2) is 0 Å². The summed E-state index contributed by atoms with van der Waals surface area (Å²) in [7, 11) is 1.61. The summed E-state index contributed by atoms with van der Waals surface area (Å²) < 4.78 is 9.65. The van der Waals surface area contributed by atoms with E-state index in [2.05, 4.69) is 20.7 Å². The van der Waals surface area contributed by atoms with Gasteiger partial charge in [0.15, 0.2) is 0 Å². The number of ether oxygens (including phenoxy) is 2. The van der Waals surface area contributed by atoms with Gasteiger partial charge in [-0.3, -0.25) is 0 Å². The second kappa shape index (κ2) is 8.14. The van der Waals surface area contributed by atoms with E-state index in [9.17, 15) is 0 Å². The molecule has 0 radical (unpaired) electrons. The van der Waals surface area contributed by atoms with Gasteiger partial charge in [0.25, 0.3) is 0 Å². The first kappa shape index (κ1) is 9.14. The maximum absolute atomic E-state index is 4.99. The molecule has 0 fully saturated rings. The van der Waals surface area contributed by atoms with E-state index in [-0.39, 0.29) is 0 Å². The van der Waals surface area contributed by atoms with Crippen LogP contribution < -0.4 is 0 Å². The Kier molecular flexibility index (Phi) is 8.27. The van der Waals surface area contributed by atoms with Crippen LogP contribution in [0.3, 0.4) is 0 Å². The van der Waals surface area contributed by atoms with Crippen molar-refractivity contribution in [3.63, 3.8) is 0 Å². The highest BCUT2D eigenvalue weighted by molar-refractivity contribution is 9.11. The lowest BCUT2D eigenvalue weighted by Gasteiger charge is -1.97. The Morgan fingerprint density at radius 2 is 2.33 bits per heavy atom. The van der Waals surface area contributed by atoms with Crippen LogP contribution in [0.5, 0.6) is 0 Å². The van der Waals surface area contributed by atoms with Crippen molar-refractivity contribution < 1.29 is 9.47 Å². The Bertz CT molecular complexity index is 73.5. The van der Waals surface area contributed by atoms with Gasteiger partial charge in [0, 0.05) is 7.11 Å². The Labute approximate surface area is 64.0 Å². The molecule has 0 spiro atoms. The molecule has 0 amide bonds. The van der Waals surface area contributed by atoms with E-state index < -0.39 is 0 Å². The SMILES string of the molecule is COCOCC/C=C/Br. The van der Waals surface area contributed by atoms with Crippen molar-refractivity contribution in [2.45, 2.75) is 6.42 Å². The monoisotopic (exact) mass is 194 g/mol. The van der Waals surface area contributed by atoms with Crippen LogP contribution in [0.1, 0.15) is 6.42 Å². The van der Waals surface area contributed by atoms with Crippen molar-refractivity contribution in [1.82, 2.24) is 0 Å². The van der Waals surface area contributed by atoms with Crippen LogP contribution >= 0.6 is 15.9 Å². The quantitative estimate of drug-likeness (QED) is 0.492. The molecule has 0 aromatic heterocycles. The highest BCUT2D eigenvalue weighted by Gasteiger charge is 1.80. The van der Waals surface area contributed by atoms with E-state index >= 15 is 0 Å². The molecule has 0 heterocycles. The maximum atomic E-state index is 4.99. The first-order valence-corrected chi connectivity index (χ1v) is 3.65. The van der Waals surface area contributed by atoms with Crippen molar-refractivity contribution in [2.75, 3.05) is 20.5 Å². The highest BCUT2D eigenvalue weighted by Crippen LogP contribution is 1.88. The first-order chi connectivity index (χ1) is 4.41. The van der Waals surface area contributed by atoms with Gasteiger partial charge in [-0.05, 0) is 11.4 Å². The number of hydrogen-bond acceptors (Lipinski definition) is 2. The summed E-state index contributed by atoms with van der Waals surface area (Å²) in [4.78, 5) is 1.82. The Hall–Kier alpha value is 0.140. The largest absolute Gasteiger partial charge is 0.359 e. The van der Waals surface area contributed by atoms with E-state index in [0.29, 0.717) is 6.79 Å². The summed E-state index contributed by atoms with van der Waals surface area (Å²) in [5, 5.41) is 0. The maximum Gasteiger partial charge on any atom is 0.146 e. The van der Waals surface area contributed by atoms with Crippen LogP contribution in [0.25, 0.3) is 0 Å². The number of rotatable bonds is 5. The molecule has 0 saturated carbocycles. The van der Waals surface area contributed by atoms with Crippen LogP contribution in [-0.2, 0) is 9.47 Å². The van der Waals surface area contributed by atoms with Crippen LogP contribution in [0, 0.1) is 0 Å². The molecule has 54 valence electrons. The van der Waals surface area contributed by atoms with Gasteiger partial charge in [0.05, 0.1) is 6.61 Å². The molecular formula is C6H11BrO2. The van der Waals surface area contributed by atoms with Gasteiger partial charge in [-0.15, -0.1) is 0 Å². The number of methoxy groups -OCH3 is 1. The Morgan fingerprint density at radius 1 is 1.56 bits per heavy atom. The second-order valence-electron chi connectivity index (χ2n) is 1.47. The van der Waals surface area contributed by atoms with Crippen molar-refractivity contribution in [2.24, 2.45) is 0 Å². The molecule has 0 aliphatic heterocycles. The molecule has 0 unspecified atom stereocenters. The molecule has 0 aromatic carbocycles. The summed E-state index contributed by atoms with van der Waals surface area (Å²) >= 11 is 3.15. The minimum absolute atomic E-state index is 0.385. The van der Waals surface area contributed by atoms with Gasteiger partial charge in [-0.1, -0.05) is 22.0 Å². The molecule has 2 nitrogen and oxygen atoms in total. The average Bonchev–Trinajstić information content (AvgIpc) is 1.89. The third-order valence-electron chi connectivity index (χ3n) is 0.719. The fourth-order valence-corrected chi connectivity index (χ4v) is 0.621. The lowest BCUT2D eigenvalue weighted by atomic mass is 10.5. The van der Waals surface area contributed by atoms with E-state index in [1.165, 1.54) is 0 Å². The summed E-state index contributed by atoms with van der Waals surface area (Å²) in [5.41, 5.74) is 0. The molecule has 0 atom stereocenters. The fraction of sp³-hybridized carbons (Fsp3) is 0.667. The van der Waals surface area contributed by atoms with Crippen LogP contribution in [0.2, 0.25) is 0 Å². The molecule has 0 bridgehead atoms. The third-order valence-corrected chi connectivity index (χ3v) is 1.09. The minimum Gasteiger partial charge on any atom is -0.359 e. The van der Waals surface area contributed by atoms with Gasteiger partial charge in [-0.2, -0.15) is 0 Å².